The van der Waals surface area contributed by atoms with Crippen LogP contribution in [0.15, 0.2) is 0 Å². The minimum absolute atomic E-state index is 0.0280. The highest BCUT2D eigenvalue weighted by Gasteiger charge is 2.35. The fraction of sp³-hybridized carbons (Fsp3) is 0.643. The van der Waals surface area contributed by atoms with Gasteiger partial charge in [0.1, 0.15) is 13.2 Å². The molecule has 0 aliphatic heterocycles. The molecule has 2 fully saturated rings. The summed E-state index contributed by atoms with van der Waals surface area (Å²) in [6, 6.07) is -1.25. The Hall–Kier alpha value is -4.11. The maximum atomic E-state index is 12.6. The molecule has 6 N–H and O–H groups in total. The molecule has 4 aromatic heterocycles. The topological polar surface area (TPSA) is 271 Å². The van der Waals surface area contributed by atoms with Gasteiger partial charge in [-0.05, 0) is 38.5 Å². The molecule has 0 saturated heterocycles. The third-order valence-corrected chi connectivity index (χ3v) is 9.22. The molecule has 0 radical (unpaired) electrons. The number of nitrogen functional groups attached to an aromatic ring is 2. The summed E-state index contributed by atoms with van der Waals surface area (Å²) in [5.74, 6) is 0.118. The minimum Gasteiger partial charge on any atom is -0.480 e. The molecule has 2 aliphatic carbocycles. The number of rotatable bonds is 18. The van der Waals surface area contributed by atoms with E-state index in [-0.39, 0.29) is 85.6 Å². The second kappa shape index (κ2) is 16.3. The van der Waals surface area contributed by atoms with E-state index in [0.29, 0.717) is 50.2 Å². The third-order valence-electron chi connectivity index (χ3n) is 8.51. The molecule has 22 heteroatoms. The number of aromatic hydroxyl groups is 2. The lowest BCUT2D eigenvalue weighted by molar-refractivity contribution is -0.0723. The average Bonchev–Trinajstić information content (AvgIpc) is 3.87. The zero-order valence-electron chi connectivity index (χ0n) is 27.6. The van der Waals surface area contributed by atoms with Crippen LogP contribution in [-0.4, -0.2) is 116 Å². The normalized spacial score (nSPS) is 21.4. The quantitative estimate of drug-likeness (QED) is 0.0647. The van der Waals surface area contributed by atoms with Crippen LogP contribution in [-0.2, 0) is 32.6 Å². The highest BCUT2D eigenvalue weighted by Crippen LogP contribution is 2.40. The summed E-state index contributed by atoms with van der Waals surface area (Å²) < 4.78 is 59.2. The highest BCUT2D eigenvalue weighted by molar-refractivity contribution is 7.33. The smallest absolute Gasteiger partial charge is 0.323 e. The van der Waals surface area contributed by atoms with E-state index in [0.717, 1.165) is 12.8 Å². The molecule has 2 saturated carbocycles. The molecular weight excluding hydrogens is 683 g/mol. The van der Waals surface area contributed by atoms with Crippen LogP contribution in [0.1, 0.15) is 50.6 Å². The predicted octanol–water partition coefficient (Wildman–Crippen LogP) is 1.85. The van der Waals surface area contributed by atoms with E-state index in [2.05, 4.69) is 29.9 Å². The van der Waals surface area contributed by atoms with Gasteiger partial charge in [0.2, 0.25) is 0 Å². The van der Waals surface area contributed by atoms with E-state index >= 15 is 0 Å². The molecule has 4 atom stereocenters. The molecule has 0 amide bonds. The van der Waals surface area contributed by atoms with Crippen LogP contribution in [0.4, 0.5) is 11.6 Å². The number of imidazole rings is 2. The van der Waals surface area contributed by atoms with Gasteiger partial charge in [-0.25, -0.2) is 0 Å². The molecule has 4 heterocycles. The van der Waals surface area contributed by atoms with Crippen molar-refractivity contribution in [1.82, 2.24) is 39.0 Å². The molecule has 6 rings (SSSR count). The summed E-state index contributed by atoms with van der Waals surface area (Å²) in [4.78, 5) is 25.3. The molecule has 0 bridgehead atoms. The molecule has 50 heavy (non-hydrogen) atoms. The summed E-state index contributed by atoms with van der Waals surface area (Å²) >= 11 is 0. The van der Waals surface area contributed by atoms with Crippen molar-refractivity contribution in [3.05, 3.63) is 0 Å². The molecular formula is C28H41N10O11P. The lowest BCUT2D eigenvalue weighted by Crippen LogP contribution is -2.23. The van der Waals surface area contributed by atoms with Crippen molar-refractivity contribution in [2.24, 2.45) is 0 Å². The zero-order chi connectivity index (χ0) is 35.2. The van der Waals surface area contributed by atoms with Gasteiger partial charge in [-0.1, -0.05) is 0 Å². The Morgan fingerprint density at radius 3 is 1.54 bits per heavy atom. The highest BCUT2D eigenvalue weighted by atomic mass is 31.1. The van der Waals surface area contributed by atoms with Crippen LogP contribution in [0, 0.1) is 0 Å². The fourth-order valence-corrected chi connectivity index (χ4v) is 6.68. The van der Waals surface area contributed by atoms with Gasteiger partial charge in [0.25, 0.3) is 12.0 Å². The Labute approximate surface area is 286 Å². The van der Waals surface area contributed by atoms with Gasteiger partial charge >= 0.3 is 20.3 Å². The first-order valence-corrected chi connectivity index (χ1v) is 17.3. The van der Waals surface area contributed by atoms with E-state index in [1.165, 1.54) is 9.13 Å². The maximum Gasteiger partial charge on any atom is 0.323 e. The largest absolute Gasteiger partial charge is 0.480 e. The van der Waals surface area contributed by atoms with Gasteiger partial charge in [-0.3, -0.25) is 22.7 Å². The van der Waals surface area contributed by atoms with E-state index in [1.807, 2.05) is 0 Å². The Kier molecular flexibility index (Phi) is 11.6. The van der Waals surface area contributed by atoms with E-state index < -0.39 is 20.5 Å². The first kappa shape index (κ1) is 35.7. The molecule has 274 valence electrons. The number of anilines is 2. The van der Waals surface area contributed by atoms with Crippen molar-refractivity contribution in [1.29, 1.82) is 0 Å². The summed E-state index contributed by atoms with van der Waals surface area (Å²) in [5, 5.41) is 21.4. The molecule has 4 aromatic rings. The molecule has 0 aromatic carbocycles. The number of hydrogen-bond acceptors (Lipinski definition) is 19. The van der Waals surface area contributed by atoms with Gasteiger partial charge in [0.15, 0.2) is 47.5 Å². The summed E-state index contributed by atoms with van der Waals surface area (Å²) in [5.41, 5.74) is 13.2. The van der Waals surface area contributed by atoms with Crippen LogP contribution < -0.4 is 20.9 Å². The second-order valence-electron chi connectivity index (χ2n) is 11.6. The zero-order valence-corrected chi connectivity index (χ0v) is 28.6. The number of aromatic nitrogens is 8. The van der Waals surface area contributed by atoms with E-state index in [4.69, 9.17) is 48.9 Å². The molecule has 4 unspecified atom stereocenters. The van der Waals surface area contributed by atoms with Crippen molar-refractivity contribution in [3.8, 4) is 24.0 Å². The Morgan fingerprint density at radius 1 is 0.680 bits per heavy atom. The first-order chi connectivity index (χ1) is 24.3. The molecule has 21 nitrogen and oxygen atoms in total. The monoisotopic (exact) mass is 724 g/mol. The van der Waals surface area contributed by atoms with E-state index in [1.54, 1.807) is 14.2 Å². The lowest BCUT2D eigenvalue weighted by Gasteiger charge is -2.23. The minimum atomic E-state index is -3.01. The van der Waals surface area contributed by atoms with Gasteiger partial charge in [-0.15, -0.1) is 0 Å². The van der Waals surface area contributed by atoms with Crippen LogP contribution in [0.3, 0.4) is 0 Å². The van der Waals surface area contributed by atoms with Gasteiger partial charge in [0.05, 0.1) is 37.5 Å². The van der Waals surface area contributed by atoms with Gasteiger partial charge < -0.3 is 50.1 Å². The van der Waals surface area contributed by atoms with Gasteiger partial charge in [-0.2, -0.15) is 29.9 Å². The van der Waals surface area contributed by atoms with Crippen LogP contribution in [0.25, 0.3) is 22.3 Å². The number of nitrogens with zero attached hydrogens (tertiary/aromatic N) is 8. The summed E-state index contributed by atoms with van der Waals surface area (Å²) in [6.45, 7) is 0.431. The fourth-order valence-electron chi connectivity index (χ4n) is 6.27. The number of nitrogens with two attached hydrogens (primary N) is 2. The third kappa shape index (κ3) is 7.78. The molecule has 2 aliphatic rings. The van der Waals surface area contributed by atoms with E-state index in [9.17, 15) is 14.8 Å². The Morgan fingerprint density at radius 2 is 1.12 bits per heavy atom. The standard InChI is InChI=1S/C28H41N10O11P/c1-42-9-11-44-25-33-21(29)19-23(35-25)37(27(39)31-19)15-5-3-7-17(15)46-13-48-50(41)49-14-47-18-8-4-6-16(18)38-24-20(32-28(38)40)22(30)34-26(36-24)45-12-10-43-2/h15-18,50H,3-14H2,1-2H3,(H,31,39)(H,32,40)(H2,29,33,35)(H2,30,34,36). The lowest BCUT2D eigenvalue weighted by atomic mass is 10.2. The Bertz CT molecular complexity index is 1670. The van der Waals surface area contributed by atoms with Crippen molar-refractivity contribution >= 4 is 42.2 Å². The van der Waals surface area contributed by atoms with Crippen LogP contribution in [0.5, 0.6) is 24.0 Å². The SMILES string of the molecule is COCCOc1nc(N)c2nc(O)n(C3CCCC3OCO[PH](=O)OCOC3CCCC3n3c(O)nc4c(N)nc(OCCOC)nc43)c2n1. The number of hydrogen-bond donors (Lipinski definition) is 4. The van der Waals surface area contributed by atoms with Gasteiger partial charge in [0, 0.05) is 14.2 Å². The maximum absolute atomic E-state index is 12.6. The van der Waals surface area contributed by atoms with Crippen molar-refractivity contribution in [2.75, 3.05) is 65.7 Å². The van der Waals surface area contributed by atoms with Crippen LogP contribution in [0.2, 0.25) is 0 Å². The van der Waals surface area contributed by atoms with Crippen molar-refractivity contribution in [3.63, 3.8) is 0 Å². The first-order valence-electron chi connectivity index (χ1n) is 16.0. The number of methoxy groups -OCH3 is 2. The van der Waals surface area contributed by atoms with Crippen molar-refractivity contribution in [2.45, 2.75) is 62.8 Å². The molecule has 0 spiro atoms. The number of fused-ring (bicyclic) bond motifs is 2. The predicted molar refractivity (Wildman–Crippen MR) is 174 cm³/mol. The summed E-state index contributed by atoms with van der Waals surface area (Å²) in [6.07, 6.45) is 3.33. The van der Waals surface area contributed by atoms with Crippen LogP contribution >= 0.6 is 8.25 Å². The summed E-state index contributed by atoms with van der Waals surface area (Å²) in [7, 11) is 0.0854. The average molecular weight is 725 g/mol. The van der Waals surface area contributed by atoms with Crippen molar-refractivity contribution < 1.29 is 52.2 Å². The number of ether oxygens (including phenoxy) is 6. The second-order valence-corrected chi connectivity index (χ2v) is 12.6. The Balaban J connectivity index is 1.02.